The molecule has 0 aliphatic rings. The number of carbonyl (C=O) groups excluding carboxylic acids is 1. The van der Waals surface area contributed by atoms with Crippen LogP contribution in [0.2, 0.25) is 0 Å². The van der Waals surface area contributed by atoms with Gasteiger partial charge >= 0.3 is 5.97 Å². The summed E-state index contributed by atoms with van der Waals surface area (Å²) in [5.41, 5.74) is 0. The van der Waals surface area contributed by atoms with E-state index in [1.165, 1.54) is 4.90 Å². The van der Waals surface area contributed by atoms with Gasteiger partial charge < -0.3 is 14.7 Å². The lowest BCUT2D eigenvalue weighted by atomic mass is 10.2. The van der Waals surface area contributed by atoms with Crippen molar-refractivity contribution in [1.82, 2.24) is 4.90 Å². The van der Waals surface area contributed by atoms with E-state index in [0.29, 0.717) is 26.0 Å². The van der Waals surface area contributed by atoms with Gasteiger partial charge in [0.25, 0.3) is 0 Å². The number of carboxylic acid groups (broad SMARTS) is 1. The first kappa shape index (κ1) is 14.9. The molecule has 0 aromatic rings. The van der Waals surface area contributed by atoms with Crippen LogP contribution < -0.4 is 0 Å². The second-order valence-corrected chi connectivity index (χ2v) is 4.16. The Balaban J connectivity index is 4.15. The van der Waals surface area contributed by atoms with Gasteiger partial charge in [0.2, 0.25) is 5.91 Å². The Bertz CT molecular complexity index is 228. The molecule has 5 nitrogen and oxygen atoms in total. The van der Waals surface area contributed by atoms with Crippen LogP contribution in [0.3, 0.4) is 0 Å². The van der Waals surface area contributed by atoms with E-state index in [2.05, 4.69) is 0 Å². The van der Waals surface area contributed by atoms with Gasteiger partial charge in [-0.1, -0.05) is 13.8 Å². The first-order valence-corrected chi connectivity index (χ1v) is 5.45. The van der Waals surface area contributed by atoms with E-state index in [-0.39, 0.29) is 18.4 Å². The van der Waals surface area contributed by atoms with Gasteiger partial charge in [0.15, 0.2) is 0 Å². The van der Waals surface area contributed by atoms with E-state index < -0.39 is 5.97 Å². The second-order valence-electron chi connectivity index (χ2n) is 4.16. The van der Waals surface area contributed by atoms with Crippen LogP contribution in [0, 0.1) is 5.92 Å². The van der Waals surface area contributed by atoms with Gasteiger partial charge in [0.1, 0.15) is 6.54 Å². The van der Waals surface area contributed by atoms with E-state index >= 15 is 0 Å². The van der Waals surface area contributed by atoms with Gasteiger partial charge in [-0.15, -0.1) is 0 Å². The van der Waals surface area contributed by atoms with Crippen LogP contribution in [-0.2, 0) is 14.3 Å². The molecular weight excluding hydrogens is 210 g/mol. The number of aliphatic carboxylic acids is 1. The zero-order valence-corrected chi connectivity index (χ0v) is 10.2. The van der Waals surface area contributed by atoms with Crippen LogP contribution in [0.4, 0.5) is 0 Å². The minimum Gasteiger partial charge on any atom is -0.480 e. The average molecular weight is 231 g/mol. The maximum absolute atomic E-state index is 11.7. The molecule has 1 amide bonds. The van der Waals surface area contributed by atoms with Crippen LogP contribution in [0.25, 0.3) is 0 Å². The lowest BCUT2D eigenvalue weighted by Gasteiger charge is -2.22. The third-order valence-electron chi connectivity index (χ3n) is 2.00. The first-order chi connectivity index (χ1) is 7.47. The van der Waals surface area contributed by atoms with E-state index in [0.717, 1.165) is 0 Å². The van der Waals surface area contributed by atoms with Crippen LogP contribution in [-0.4, -0.2) is 48.7 Å². The van der Waals surface area contributed by atoms with Gasteiger partial charge in [-0.3, -0.25) is 9.59 Å². The first-order valence-electron chi connectivity index (χ1n) is 5.45. The normalized spacial score (nSPS) is 10.5. The van der Waals surface area contributed by atoms with Crippen molar-refractivity contribution in [1.29, 1.82) is 0 Å². The molecule has 94 valence electrons. The third-order valence-corrected chi connectivity index (χ3v) is 2.00. The van der Waals surface area contributed by atoms with Crippen molar-refractivity contribution in [2.24, 2.45) is 5.92 Å². The summed E-state index contributed by atoms with van der Waals surface area (Å²) in [5.74, 6) is -0.820. The predicted molar refractivity (Wildman–Crippen MR) is 60.2 cm³/mol. The molecule has 0 saturated carbocycles. The lowest BCUT2D eigenvalue weighted by molar-refractivity contribution is -0.144. The summed E-state index contributed by atoms with van der Waals surface area (Å²) in [6, 6.07) is 0. The molecule has 0 aliphatic carbocycles. The fourth-order valence-electron chi connectivity index (χ4n) is 1.38. The average Bonchev–Trinajstić information content (AvgIpc) is 2.15. The molecule has 0 saturated heterocycles. The molecule has 0 heterocycles. The summed E-state index contributed by atoms with van der Waals surface area (Å²) in [7, 11) is 1.58. The highest BCUT2D eigenvalue weighted by molar-refractivity contribution is 5.81. The molecule has 0 bridgehead atoms. The topological polar surface area (TPSA) is 66.8 Å². The molecule has 0 aromatic carbocycles. The quantitative estimate of drug-likeness (QED) is 0.632. The monoisotopic (exact) mass is 231 g/mol. The molecule has 5 heteroatoms. The number of hydrogen-bond acceptors (Lipinski definition) is 3. The van der Waals surface area contributed by atoms with Crippen molar-refractivity contribution >= 4 is 11.9 Å². The molecule has 0 radical (unpaired) electrons. The van der Waals surface area contributed by atoms with E-state index in [4.69, 9.17) is 9.84 Å². The van der Waals surface area contributed by atoms with Crippen molar-refractivity contribution in [2.75, 3.05) is 26.8 Å². The van der Waals surface area contributed by atoms with Crippen molar-refractivity contribution in [3.63, 3.8) is 0 Å². The Labute approximate surface area is 96.4 Å². The van der Waals surface area contributed by atoms with Gasteiger partial charge in [-0.25, -0.2) is 0 Å². The number of carbonyl (C=O) groups is 2. The Morgan fingerprint density at radius 2 is 2.00 bits per heavy atom. The SMILES string of the molecule is COCCCC(=O)N(CC(=O)O)CC(C)C. The summed E-state index contributed by atoms with van der Waals surface area (Å²) in [4.78, 5) is 23.7. The molecular formula is C11H21NO4. The number of amides is 1. The Hall–Kier alpha value is -1.10. The summed E-state index contributed by atoms with van der Waals surface area (Å²) >= 11 is 0. The highest BCUT2D eigenvalue weighted by Gasteiger charge is 2.17. The number of carboxylic acids is 1. The van der Waals surface area contributed by atoms with Crippen LogP contribution in [0.5, 0.6) is 0 Å². The standard InChI is InChI=1S/C11H21NO4/c1-9(2)7-12(8-11(14)15)10(13)5-4-6-16-3/h9H,4-8H2,1-3H3,(H,14,15). The van der Waals surface area contributed by atoms with Crippen LogP contribution >= 0.6 is 0 Å². The lowest BCUT2D eigenvalue weighted by Crippen LogP contribution is -2.38. The highest BCUT2D eigenvalue weighted by Crippen LogP contribution is 2.03. The minimum absolute atomic E-state index is 0.117. The Kier molecular flexibility index (Phi) is 7.54. The molecule has 1 N–H and O–H groups in total. The molecule has 0 atom stereocenters. The molecule has 0 spiro atoms. The highest BCUT2D eigenvalue weighted by atomic mass is 16.5. The zero-order valence-electron chi connectivity index (χ0n) is 10.2. The van der Waals surface area contributed by atoms with Gasteiger partial charge in [0, 0.05) is 26.7 Å². The maximum atomic E-state index is 11.7. The van der Waals surface area contributed by atoms with E-state index in [1.807, 2.05) is 13.8 Å². The summed E-state index contributed by atoms with van der Waals surface area (Å²) < 4.78 is 4.85. The maximum Gasteiger partial charge on any atom is 0.323 e. The smallest absolute Gasteiger partial charge is 0.323 e. The van der Waals surface area contributed by atoms with Gasteiger partial charge in [-0.2, -0.15) is 0 Å². The van der Waals surface area contributed by atoms with Crippen molar-refractivity contribution < 1.29 is 19.4 Å². The van der Waals surface area contributed by atoms with Crippen LogP contribution in [0.15, 0.2) is 0 Å². The molecule has 0 aromatic heterocycles. The van der Waals surface area contributed by atoms with E-state index in [9.17, 15) is 9.59 Å². The number of rotatable bonds is 8. The zero-order chi connectivity index (χ0) is 12.6. The van der Waals surface area contributed by atoms with Crippen LogP contribution in [0.1, 0.15) is 26.7 Å². The summed E-state index contributed by atoms with van der Waals surface area (Å²) in [6.45, 7) is 4.70. The van der Waals surface area contributed by atoms with Gasteiger partial charge in [0.05, 0.1) is 0 Å². The molecule has 0 unspecified atom stereocenters. The van der Waals surface area contributed by atoms with Crippen molar-refractivity contribution in [3.05, 3.63) is 0 Å². The van der Waals surface area contributed by atoms with Crippen molar-refractivity contribution in [2.45, 2.75) is 26.7 Å². The number of ether oxygens (including phenoxy) is 1. The fourth-order valence-corrected chi connectivity index (χ4v) is 1.38. The minimum atomic E-state index is -0.972. The third kappa shape index (κ3) is 7.23. The van der Waals surface area contributed by atoms with Gasteiger partial charge in [-0.05, 0) is 12.3 Å². The van der Waals surface area contributed by atoms with E-state index in [1.54, 1.807) is 7.11 Å². The predicted octanol–water partition coefficient (Wildman–Crippen LogP) is 0.982. The number of hydrogen-bond donors (Lipinski definition) is 1. The largest absolute Gasteiger partial charge is 0.480 e. The molecule has 16 heavy (non-hydrogen) atoms. The fraction of sp³-hybridized carbons (Fsp3) is 0.818. The Morgan fingerprint density at radius 3 is 2.44 bits per heavy atom. The Morgan fingerprint density at radius 1 is 1.38 bits per heavy atom. The molecule has 0 aliphatic heterocycles. The summed E-state index contributed by atoms with van der Waals surface area (Å²) in [5, 5.41) is 8.70. The number of methoxy groups -OCH3 is 1. The molecule has 0 fully saturated rings. The van der Waals surface area contributed by atoms with Crippen molar-refractivity contribution in [3.8, 4) is 0 Å². The summed E-state index contributed by atoms with van der Waals surface area (Å²) in [6.07, 6.45) is 0.970. The molecule has 0 rings (SSSR count). The number of nitrogens with zero attached hydrogens (tertiary/aromatic N) is 1. The second kappa shape index (κ2) is 8.10.